The Morgan fingerprint density at radius 1 is 1.22 bits per heavy atom. The van der Waals surface area contributed by atoms with E-state index in [4.69, 9.17) is 35.8 Å². The maximum Gasteiger partial charge on any atom is 0.413 e. The van der Waals surface area contributed by atoms with Crippen molar-refractivity contribution in [1.29, 1.82) is 0 Å². The summed E-state index contributed by atoms with van der Waals surface area (Å²) < 4.78 is 50.9. The Balaban J connectivity index is 1.17. The number of alkyl halides is 1. The van der Waals surface area contributed by atoms with Crippen molar-refractivity contribution in [2.45, 2.75) is 88.3 Å². The first-order valence-corrected chi connectivity index (χ1v) is 18.5. The molecule has 264 valence electrons. The van der Waals surface area contributed by atoms with E-state index in [9.17, 15) is 9.18 Å². The van der Waals surface area contributed by atoms with E-state index >= 15 is 4.39 Å². The zero-order valence-electron chi connectivity index (χ0n) is 28.0. The Bertz CT molecular complexity index is 2040. The van der Waals surface area contributed by atoms with Crippen LogP contribution in [0.2, 0.25) is 5.02 Å². The molecule has 2 aromatic heterocycles. The number of para-hydroxylation sites is 1. The predicted molar refractivity (Wildman–Crippen MR) is 188 cm³/mol. The number of rotatable bonds is 5. The van der Waals surface area contributed by atoms with Crippen molar-refractivity contribution < 1.29 is 27.8 Å². The summed E-state index contributed by atoms with van der Waals surface area (Å²) in [7, 11) is 0. The van der Waals surface area contributed by atoms with Gasteiger partial charge in [0.15, 0.2) is 16.7 Å². The molecule has 1 amide bonds. The number of carbonyl (C=O) groups is 1. The first-order valence-electron chi connectivity index (χ1n) is 17.3. The summed E-state index contributed by atoms with van der Waals surface area (Å²) in [6.07, 6.45) is 2.66. The zero-order valence-corrected chi connectivity index (χ0v) is 29.6. The number of hydrogen-bond acceptors (Lipinski definition) is 11. The van der Waals surface area contributed by atoms with E-state index in [1.165, 1.54) is 11.3 Å². The van der Waals surface area contributed by atoms with E-state index in [-0.39, 0.29) is 46.8 Å². The van der Waals surface area contributed by atoms with Crippen LogP contribution in [-0.2, 0) is 4.74 Å². The second kappa shape index (κ2) is 11.7. The maximum atomic E-state index is 17.3. The number of amides is 1. The highest BCUT2D eigenvalue weighted by Crippen LogP contribution is 2.51. The molecule has 9 rings (SSSR count). The highest BCUT2D eigenvalue weighted by Gasteiger charge is 2.50. The molecule has 2 bridgehead atoms. The molecule has 0 saturated carbocycles. The number of hydrogen-bond donors (Lipinski definition) is 2. The third kappa shape index (κ3) is 5.32. The average Bonchev–Trinajstić information content (AvgIpc) is 3.79. The lowest BCUT2D eigenvalue weighted by Gasteiger charge is -2.40. The number of carbonyl (C=O) groups excluding carboxylic acids is 1. The summed E-state index contributed by atoms with van der Waals surface area (Å²) in [5, 5.41) is 7.19. The van der Waals surface area contributed by atoms with Gasteiger partial charge in [0.1, 0.15) is 36.3 Å². The summed E-state index contributed by atoms with van der Waals surface area (Å²) >= 11 is 8.41. The van der Waals surface area contributed by atoms with Gasteiger partial charge in [-0.15, -0.1) is 0 Å². The van der Waals surface area contributed by atoms with Crippen molar-refractivity contribution in [3.8, 4) is 22.9 Å². The van der Waals surface area contributed by atoms with Gasteiger partial charge in [-0.25, -0.2) is 18.6 Å². The monoisotopic (exact) mass is 725 g/mol. The summed E-state index contributed by atoms with van der Waals surface area (Å²) in [4.78, 5) is 31.2. The fourth-order valence-corrected chi connectivity index (χ4v) is 9.84. The van der Waals surface area contributed by atoms with Crippen molar-refractivity contribution in [2.24, 2.45) is 0 Å². The second-order valence-electron chi connectivity index (χ2n) is 15.1. The summed E-state index contributed by atoms with van der Waals surface area (Å²) in [6, 6.07) is 5.79. The number of fused-ring (bicyclic) bond motifs is 7. The van der Waals surface area contributed by atoms with Crippen molar-refractivity contribution >= 4 is 61.1 Å². The van der Waals surface area contributed by atoms with Crippen LogP contribution in [0.15, 0.2) is 18.2 Å². The summed E-state index contributed by atoms with van der Waals surface area (Å²) in [5.41, 5.74) is -0.126. The van der Waals surface area contributed by atoms with E-state index in [0.717, 1.165) is 32.2 Å². The van der Waals surface area contributed by atoms with Crippen LogP contribution in [-0.4, -0.2) is 94.2 Å². The van der Waals surface area contributed by atoms with Gasteiger partial charge in [-0.2, -0.15) is 9.97 Å². The van der Waals surface area contributed by atoms with Crippen LogP contribution < -0.4 is 25.0 Å². The molecule has 2 aromatic carbocycles. The van der Waals surface area contributed by atoms with Gasteiger partial charge in [0.05, 0.1) is 32.2 Å². The highest BCUT2D eigenvalue weighted by atomic mass is 35.5. The molecule has 5 aliphatic heterocycles. The number of thiazole rings is 1. The molecule has 7 heterocycles. The smallest absolute Gasteiger partial charge is 0.413 e. The van der Waals surface area contributed by atoms with Crippen LogP contribution in [0.4, 0.5) is 24.5 Å². The highest BCUT2D eigenvalue weighted by molar-refractivity contribution is 7.22. The van der Waals surface area contributed by atoms with E-state index in [1.54, 1.807) is 32.9 Å². The molecule has 5 aliphatic rings. The number of nitrogens with zero attached hydrogens (tertiary/aromatic N) is 5. The van der Waals surface area contributed by atoms with Crippen molar-refractivity contribution in [3.63, 3.8) is 0 Å². The summed E-state index contributed by atoms with van der Waals surface area (Å²) in [6.45, 7) is 7.76. The number of halogens is 3. The summed E-state index contributed by atoms with van der Waals surface area (Å²) in [5.74, 6) is 0.176. The lowest BCUT2D eigenvalue weighted by molar-refractivity contribution is 0.0636. The van der Waals surface area contributed by atoms with Gasteiger partial charge in [-0.1, -0.05) is 35.1 Å². The molecule has 4 aromatic rings. The Kier molecular flexibility index (Phi) is 7.58. The van der Waals surface area contributed by atoms with Gasteiger partial charge in [-0.05, 0) is 59.1 Å². The lowest BCUT2D eigenvalue weighted by atomic mass is 9.95. The van der Waals surface area contributed by atoms with Gasteiger partial charge in [-0.3, -0.25) is 10.2 Å². The van der Waals surface area contributed by atoms with Crippen LogP contribution in [0.1, 0.15) is 52.9 Å². The first-order chi connectivity index (χ1) is 24.0. The molecule has 11 nitrogen and oxygen atoms in total. The third-order valence-electron chi connectivity index (χ3n) is 10.7. The molecule has 0 aliphatic carbocycles. The Labute approximate surface area is 296 Å². The molecule has 4 fully saturated rings. The van der Waals surface area contributed by atoms with E-state index in [2.05, 4.69) is 25.4 Å². The van der Waals surface area contributed by atoms with Gasteiger partial charge in [0.25, 0.3) is 0 Å². The first kappa shape index (κ1) is 32.3. The zero-order chi connectivity index (χ0) is 34.5. The molecule has 15 heteroatoms. The molecule has 0 unspecified atom stereocenters. The molecular weight excluding hydrogens is 688 g/mol. The van der Waals surface area contributed by atoms with Crippen molar-refractivity contribution in [1.82, 2.24) is 25.2 Å². The van der Waals surface area contributed by atoms with Crippen LogP contribution in [0.3, 0.4) is 0 Å². The number of benzene rings is 2. The SMILES string of the molecule is CC(C)(C)OC(=O)Nc1nc2c(-c3c(Cl)c4c5c(nc(OC[C@@]67CCCN6C[C@H](F)C7)nc5c3F)N3C[C@H]5CC[C@H](N5)[C@H]3CO4)cccc2s1. The second-order valence-corrected chi connectivity index (χ2v) is 16.5. The lowest BCUT2D eigenvalue weighted by Crippen LogP contribution is -2.60. The molecule has 50 heavy (non-hydrogen) atoms. The minimum Gasteiger partial charge on any atom is -0.489 e. The van der Waals surface area contributed by atoms with Crippen molar-refractivity contribution in [2.75, 3.05) is 43.1 Å². The Morgan fingerprint density at radius 2 is 2.08 bits per heavy atom. The normalized spacial score (nSPS) is 27.3. The average molecular weight is 726 g/mol. The van der Waals surface area contributed by atoms with E-state index < -0.39 is 29.2 Å². The fourth-order valence-electron chi connectivity index (χ4n) is 8.63. The number of anilines is 2. The number of aromatic nitrogens is 3. The standard InChI is InChI=1S/C35H38ClF2N7O4S/c1-34(2,3)49-33(46)43-32-41-27-19(6-4-7-22(27)50-32)23-25(36)29-24-28(26(23)38)40-31(48-16-35-10-5-11-44(35)13-17(37)12-35)42-30(24)45-14-18-8-9-20(39-18)21(45)15-47-29/h4,6-7,17-18,20-21,39H,5,8-16H2,1-3H3,(H,41,43,46)/t17-,18-,20+,21-,35+/m1/s1. The Morgan fingerprint density at radius 3 is 2.92 bits per heavy atom. The van der Waals surface area contributed by atoms with E-state index in [0.29, 0.717) is 64.0 Å². The topological polar surface area (TPSA) is 114 Å². The molecule has 2 N–H and O–H groups in total. The number of piperazine rings is 1. The number of nitrogens with one attached hydrogen (secondary N) is 2. The molecule has 5 atom stereocenters. The van der Waals surface area contributed by atoms with Gasteiger partial charge < -0.3 is 24.4 Å². The van der Waals surface area contributed by atoms with E-state index in [1.807, 2.05) is 6.07 Å². The minimum absolute atomic E-state index is 0.0285. The Hall–Kier alpha value is -3.59. The quantitative estimate of drug-likeness (QED) is 0.230. The van der Waals surface area contributed by atoms with Gasteiger partial charge in [0, 0.05) is 42.7 Å². The van der Waals surface area contributed by atoms with Crippen molar-refractivity contribution in [3.05, 3.63) is 29.0 Å². The third-order valence-corrected chi connectivity index (χ3v) is 12.0. The molecule has 0 radical (unpaired) electrons. The molecule has 0 spiro atoms. The van der Waals surface area contributed by atoms with Crippen LogP contribution in [0.5, 0.6) is 11.8 Å². The van der Waals surface area contributed by atoms with Crippen LogP contribution >= 0.6 is 22.9 Å². The maximum absolute atomic E-state index is 17.3. The largest absolute Gasteiger partial charge is 0.489 e. The molecule has 4 saturated heterocycles. The van der Waals surface area contributed by atoms with Crippen LogP contribution in [0, 0.1) is 5.82 Å². The predicted octanol–water partition coefficient (Wildman–Crippen LogP) is 6.70. The van der Waals surface area contributed by atoms with Gasteiger partial charge in [0.2, 0.25) is 0 Å². The number of ether oxygens (including phenoxy) is 3. The van der Waals surface area contributed by atoms with Gasteiger partial charge >= 0.3 is 12.1 Å². The van der Waals surface area contributed by atoms with Crippen LogP contribution in [0.25, 0.3) is 32.2 Å². The molecular formula is C35H38ClF2N7O4S. The fraction of sp³-hybridized carbons (Fsp3) is 0.543. The minimum atomic E-state index is -0.909.